The second kappa shape index (κ2) is 6.71. The summed E-state index contributed by atoms with van der Waals surface area (Å²) < 4.78 is 2.04. The summed E-state index contributed by atoms with van der Waals surface area (Å²) in [6.45, 7) is 0.408. The Bertz CT molecular complexity index is 1010. The van der Waals surface area contributed by atoms with E-state index in [1.165, 1.54) is 0 Å². The van der Waals surface area contributed by atoms with Crippen molar-refractivity contribution in [3.8, 4) is 11.4 Å². The van der Waals surface area contributed by atoms with E-state index in [0.717, 1.165) is 28.0 Å². The van der Waals surface area contributed by atoms with E-state index >= 15 is 0 Å². The number of rotatable bonds is 4. The number of benzene rings is 3. The number of nitrogens with zero attached hydrogens (tertiary/aromatic N) is 2. The van der Waals surface area contributed by atoms with E-state index in [1.54, 1.807) is 0 Å². The highest BCUT2D eigenvalue weighted by Crippen LogP contribution is 2.31. The molecule has 0 unspecified atom stereocenters. The first-order valence-corrected chi connectivity index (χ1v) is 8.55. The number of aliphatic hydroxyl groups is 1. The molecule has 4 heteroatoms. The van der Waals surface area contributed by atoms with Crippen molar-refractivity contribution < 1.29 is 5.11 Å². The first kappa shape index (κ1) is 15.9. The summed E-state index contributed by atoms with van der Waals surface area (Å²) in [6.07, 6.45) is -0.625. The highest BCUT2D eigenvalue weighted by molar-refractivity contribution is 6.33. The third-order valence-corrected chi connectivity index (χ3v) is 4.64. The summed E-state index contributed by atoms with van der Waals surface area (Å²) in [4.78, 5) is 4.76. The maximum absolute atomic E-state index is 10.7. The van der Waals surface area contributed by atoms with Crippen molar-refractivity contribution in [2.24, 2.45) is 0 Å². The number of fused-ring (bicyclic) bond motifs is 1. The minimum atomic E-state index is -0.625. The number of aliphatic hydroxyl groups excluding tert-OH is 1. The lowest BCUT2D eigenvalue weighted by atomic mass is 10.1. The van der Waals surface area contributed by atoms with Crippen LogP contribution in [0.25, 0.3) is 22.4 Å². The van der Waals surface area contributed by atoms with Crippen LogP contribution >= 0.6 is 11.6 Å². The van der Waals surface area contributed by atoms with E-state index in [2.05, 4.69) is 0 Å². The Balaban J connectivity index is 1.84. The van der Waals surface area contributed by atoms with E-state index < -0.39 is 6.10 Å². The molecule has 0 spiro atoms. The van der Waals surface area contributed by atoms with Gasteiger partial charge in [0.2, 0.25) is 0 Å². The normalized spacial score (nSPS) is 12.4. The van der Waals surface area contributed by atoms with Crippen molar-refractivity contribution in [2.75, 3.05) is 0 Å². The summed E-state index contributed by atoms with van der Waals surface area (Å²) >= 11 is 6.40. The molecule has 4 rings (SSSR count). The van der Waals surface area contributed by atoms with Crippen molar-refractivity contribution in [3.63, 3.8) is 0 Å². The highest BCUT2D eigenvalue weighted by Gasteiger charge is 2.17. The number of aromatic nitrogens is 2. The van der Waals surface area contributed by atoms with Crippen LogP contribution in [0.1, 0.15) is 11.7 Å². The molecule has 4 aromatic rings. The topological polar surface area (TPSA) is 38.0 Å². The number of hydrogen-bond donors (Lipinski definition) is 1. The van der Waals surface area contributed by atoms with Crippen molar-refractivity contribution >= 4 is 22.6 Å². The molecule has 0 aliphatic carbocycles. The average Bonchev–Trinajstić information content (AvgIpc) is 3.01. The van der Waals surface area contributed by atoms with Gasteiger partial charge >= 0.3 is 0 Å². The fourth-order valence-electron chi connectivity index (χ4n) is 3.06. The Morgan fingerprint density at radius 1 is 0.880 bits per heavy atom. The number of imidazole rings is 1. The zero-order chi connectivity index (χ0) is 17.2. The maximum Gasteiger partial charge on any atom is 0.142 e. The molecule has 25 heavy (non-hydrogen) atoms. The molecule has 1 heterocycles. The molecule has 0 saturated heterocycles. The van der Waals surface area contributed by atoms with Gasteiger partial charge in [0, 0.05) is 5.56 Å². The van der Waals surface area contributed by atoms with Gasteiger partial charge in [0.05, 0.1) is 28.7 Å². The molecule has 0 bridgehead atoms. The molecule has 0 amide bonds. The Labute approximate surface area is 151 Å². The SMILES string of the molecule is O[C@H](Cn1c(-c2ccccc2Cl)nc2ccccc21)c1ccccc1. The van der Waals surface area contributed by atoms with Gasteiger partial charge in [-0.1, -0.05) is 66.2 Å². The van der Waals surface area contributed by atoms with Gasteiger partial charge in [-0.25, -0.2) is 4.98 Å². The van der Waals surface area contributed by atoms with Crippen LogP contribution in [0.2, 0.25) is 5.02 Å². The third-order valence-electron chi connectivity index (χ3n) is 4.31. The van der Waals surface area contributed by atoms with Gasteiger partial charge in [0.25, 0.3) is 0 Å². The van der Waals surface area contributed by atoms with Crippen molar-refractivity contribution in [2.45, 2.75) is 12.6 Å². The molecule has 0 fully saturated rings. The van der Waals surface area contributed by atoms with Gasteiger partial charge in [0.1, 0.15) is 5.82 Å². The minimum absolute atomic E-state index is 0.408. The molecular formula is C21H17ClN2O. The highest BCUT2D eigenvalue weighted by atomic mass is 35.5. The molecule has 0 aliphatic rings. The molecule has 3 nitrogen and oxygen atoms in total. The van der Waals surface area contributed by atoms with Gasteiger partial charge < -0.3 is 9.67 Å². The van der Waals surface area contributed by atoms with E-state index in [9.17, 15) is 5.11 Å². The Morgan fingerprint density at radius 3 is 2.36 bits per heavy atom. The van der Waals surface area contributed by atoms with Crippen LogP contribution in [-0.4, -0.2) is 14.7 Å². The molecule has 1 N–H and O–H groups in total. The van der Waals surface area contributed by atoms with Crippen molar-refractivity contribution in [1.29, 1.82) is 0 Å². The lowest BCUT2D eigenvalue weighted by molar-refractivity contribution is 0.158. The monoisotopic (exact) mass is 348 g/mol. The summed E-state index contributed by atoms with van der Waals surface area (Å²) in [6, 6.07) is 25.2. The number of hydrogen-bond acceptors (Lipinski definition) is 2. The zero-order valence-corrected chi connectivity index (χ0v) is 14.3. The zero-order valence-electron chi connectivity index (χ0n) is 13.5. The number of para-hydroxylation sites is 2. The first-order valence-electron chi connectivity index (χ1n) is 8.17. The molecule has 1 aromatic heterocycles. The van der Waals surface area contributed by atoms with Gasteiger partial charge in [0.15, 0.2) is 0 Å². The van der Waals surface area contributed by atoms with Crippen LogP contribution in [0.3, 0.4) is 0 Å². The molecule has 0 radical (unpaired) electrons. The molecule has 3 aromatic carbocycles. The standard InChI is InChI=1S/C21H17ClN2O/c22-17-11-5-4-10-16(17)21-23-18-12-6-7-13-19(18)24(21)14-20(25)15-8-2-1-3-9-15/h1-13,20,25H,14H2/t20-/m1/s1. The molecule has 1 atom stereocenters. The second-order valence-corrected chi connectivity index (χ2v) is 6.35. The van der Waals surface area contributed by atoms with Gasteiger partial charge in [-0.3, -0.25) is 0 Å². The predicted octanol–water partition coefficient (Wildman–Crippen LogP) is 5.09. The molecule has 0 aliphatic heterocycles. The van der Waals surface area contributed by atoms with E-state index in [0.29, 0.717) is 11.6 Å². The summed E-state index contributed by atoms with van der Waals surface area (Å²) in [5, 5.41) is 11.4. The number of halogens is 1. The summed E-state index contributed by atoms with van der Waals surface area (Å²) in [5.41, 5.74) is 3.61. The summed E-state index contributed by atoms with van der Waals surface area (Å²) in [7, 11) is 0. The van der Waals surface area contributed by atoms with Gasteiger partial charge in [-0.05, 0) is 29.8 Å². The predicted molar refractivity (Wildman–Crippen MR) is 102 cm³/mol. The molecule has 0 saturated carbocycles. The van der Waals surface area contributed by atoms with Crippen LogP contribution in [0.4, 0.5) is 0 Å². The van der Waals surface area contributed by atoms with E-state index in [1.807, 2.05) is 83.4 Å². The van der Waals surface area contributed by atoms with Crippen molar-refractivity contribution in [1.82, 2.24) is 9.55 Å². The smallest absolute Gasteiger partial charge is 0.142 e. The first-order chi connectivity index (χ1) is 12.2. The average molecular weight is 349 g/mol. The quantitative estimate of drug-likeness (QED) is 0.557. The fraction of sp³-hybridized carbons (Fsp3) is 0.0952. The Hall–Kier alpha value is -2.62. The van der Waals surface area contributed by atoms with Gasteiger partial charge in [-0.15, -0.1) is 0 Å². The van der Waals surface area contributed by atoms with Crippen LogP contribution in [0.15, 0.2) is 78.9 Å². The van der Waals surface area contributed by atoms with Crippen LogP contribution in [0.5, 0.6) is 0 Å². The lowest BCUT2D eigenvalue weighted by Crippen LogP contribution is -2.10. The molecule has 124 valence electrons. The van der Waals surface area contributed by atoms with Crippen LogP contribution in [-0.2, 0) is 6.54 Å². The van der Waals surface area contributed by atoms with Crippen molar-refractivity contribution in [3.05, 3.63) is 89.4 Å². The largest absolute Gasteiger partial charge is 0.387 e. The molecular weight excluding hydrogens is 332 g/mol. The van der Waals surface area contributed by atoms with E-state index in [4.69, 9.17) is 16.6 Å². The fourth-order valence-corrected chi connectivity index (χ4v) is 3.28. The summed E-state index contributed by atoms with van der Waals surface area (Å²) in [5.74, 6) is 0.766. The van der Waals surface area contributed by atoms with Crippen LogP contribution < -0.4 is 0 Å². The Morgan fingerprint density at radius 2 is 1.56 bits per heavy atom. The maximum atomic E-state index is 10.7. The minimum Gasteiger partial charge on any atom is -0.387 e. The lowest BCUT2D eigenvalue weighted by Gasteiger charge is -2.15. The third kappa shape index (κ3) is 3.04. The van der Waals surface area contributed by atoms with Crippen LogP contribution in [0, 0.1) is 0 Å². The second-order valence-electron chi connectivity index (χ2n) is 5.94. The van der Waals surface area contributed by atoms with E-state index in [-0.39, 0.29) is 0 Å². The Kier molecular flexibility index (Phi) is 4.26. The van der Waals surface area contributed by atoms with Gasteiger partial charge in [-0.2, -0.15) is 0 Å².